The first-order valence-corrected chi connectivity index (χ1v) is 6.07. The second-order valence-corrected chi connectivity index (χ2v) is 3.93. The van der Waals surface area contributed by atoms with Gasteiger partial charge in [-0.05, 0) is 18.6 Å². The third-order valence-corrected chi connectivity index (χ3v) is 2.54. The van der Waals surface area contributed by atoms with E-state index in [-0.39, 0.29) is 24.8 Å². The number of pyridine rings is 1. The summed E-state index contributed by atoms with van der Waals surface area (Å²) in [4.78, 5) is 3.98. The molecule has 0 bridgehead atoms. The predicted octanol–water partition coefficient (Wildman–Crippen LogP) is 4.70. The molecule has 0 saturated carbocycles. The summed E-state index contributed by atoms with van der Waals surface area (Å²) in [5, 5.41) is 3.40. The van der Waals surface area contributed by atoms with Crippen LogP contribution in [0.3, 0.4) is 0 Å². The molecule has 0 aliphatic heterocycles. The maximum atomic E-state index is 3.98. The van der Waals surface area contributed by atoms with Crippen molar-refractivity contribution in [3.8, 4) is 0 Å². The zero-order chi connectivity index (χ0) is 10.8. The van der Waals surface area contributed by atoms with E-state index >= 15 is 0 Å². The van der Waals surface area contributed by atoms with Gasteiger partial charge in [0.25, 0.3) is 0 Å². The highest BCUT2D eigenvalue weighted by atomic mass is 35.5. The van der Waals surface area contributed by atoms with Crippen LogP contribution < -0.4 is 5.32 Å². The maximum absolute atomic E-state index is 3.98. The summed E-state index contributed by atoms with van der Waals surface area (Å²) in [6, 6.07) is 4.02. The first-order chi connectivity index (χ1) is 7.43. The molecule has 100 valence electrons. The van der Waals surface area contributed by atoms with Gasteiger partial charge in [0.2, 0.25) is 0 Å². The van der Waals surface area contributed by atoms with Gasteiger partial charge in [-0.2, -0.15) is 0 Å². The second kappa shape index (κ2) is 13.6. The lowest BCUT2D eigenvalue weighted by molar-refractivity contribution is 0.617. The van der Waals surface area contributed by atoms with E-state index in [2.05, 4.69) is 17.2 Å². The highest BCUT2D eigenvalue weighted by Crippen LogP contribution is 2.07. The number of anilines is 1. The van der Waals surface area contributed by atoms with Crippen molar-refractivity contribution in [2.75, 3.05) is 11.9 Å². The summed E-state index contributed by atoms with van der Waals surface area (Å²) in [5.41, 5.74) is 1.18. The van der Waals surface area contributed by atoms with Gasteiger partial charge in [-0.3, -0.25) is 4.98 Å². The molecule has 0 atom stereocenters. The van der Waals surface area contributed by atoms with Gasteiger partial charge in [0, 0.05) is 24.6 Å². The molecule has 0 fully saturated rings. The summed E-state index contributed by atoms with van der Waals surface area (Å²) in [7, 11) is 0. The van der Waals surface area contributed by atoms with Crippen molar-refractivity contribution < 1.29 is 0 Å². The highest BCUT2D eigenvalue weighted by molar-refractivity contribution is 5.85. The van der Waals surface area contributed by atoms with Gasteiger partial charge >= 0.3 is 0 Å². The topological polar surface area (TPSA) is 24.9 Å². The fourth-order valence-electron chi connectivity index (χ4n) is 1.61. The van der Waals surface area contributed by atoms with Gasteiger partial charge in [-0.25, -0.2) is 0 Å². The van der Waals surface area contributed by atoms with Crippen LogP contribution in [0.4, 0.5) is 5.69 Å². The Hall–Kier alpha value is -0.470. The Bertz CT molecular complexity index is 242. The third-order valence-electron chi connectivity index (χ3n) is 2.54. The summed E-state index contributed by atoms with van der Waals surface area (Å²) in [5.74, 6) is 0. The quantitative estimate of drug-likeness (QED) is 0.698. The summed E-state index contributed by atoms with van der Waals surface area (Å²) < 4.78 is 0. The Labute approximate surface area is 117 Å². The molecular weight excluding hydrogens is 255 g/mol. The minimum atomic E-state index is 0. The van der Waals surface area contributed by atoms with E-state index in [0.29, 0.717) is 0 Å². The van der Waals surface area contributed by atoms with Crippen molar-refractivity contribution in [3.63, 3.8) is 0 Å². The number of nitrogens with zero attached hydrogens (tertiary/aromatic N) is 1. The zero-order valence-corrected chi connectivity index (χ0v) is 12.2. The van der Waals surface area contributed by atoms with Crippen LogP contribution >= 0.6 is 24.8 Å². The van der Waals surface area contributed by atoms with Crippen LogP contribution in [0.2, 0.25) is 0 Å². The van der Waals surface area contributed by atoms with Gasteiger partial charge < -0.3 is 5.32 Å². The molecule has 0 saturated heterocycles. The SMILES string of the molecule is CCCCCCCCNc1ccncc1.Cl.Cl. The Morgan fingerprint density at radius 3 is 2.18 bits per heavy atom. The van der Waals surface area contributed by atoms with Crippen LogP contribution in [0.15, 0.2) is 24.5 Å². The van der Waals surface area contributed by atoms with E-state index in [4.69, 9.17) is 0 Å². The van der Waals surface area contributed by atoms with Gasteiger partial charge in [0.1, 0.15) is 0 Å². The molecule has 1 aromatic rings. The number of hydrogen-bond acceptors (Lipinski definition) is 2. The lowest BCUT2D eigenvalue weighted by Crippen LogP contribution is -2.01. The maximum Gasteiger partial charge on any atom is 0.0371 e. The van der Waals surface area contributed by atoms with E-state index in [1.54, 1.807) is 0 Å². The van der Waals surface area contributed by atoms with Crippen molar-refractivity contribution in [1.82, 2.24) is 4.98 Å². The fourth-order valence-corrected chi connectivity index (χ4v) is 1.61. The lowest BCUT2D eigenvalue weighted by Gasteiger charge is -2.05. The minimum absolute atomic E-state index is 0. The van der Waals surface area contributed by atoms with E-state index in [1.807, 2.05) is 24.5 Å². The minimum Gasteiger partial charge on any atom is -0.385 e. The Morgan fingerprint density at radius 2 is 1.53 bits per heavy atom. The van der Waals surface area contributed by atoms with Crippen molar-refractivity contribution >= 4 is 30.5 Å². The largest absolute Gasteiger partial charge is 0.385 e. The summed E-state index contributed by atoms with van der Waals surface area (Å²) >= 11 is 0. The van der Waals surface area contributed by atoms with Crippen molar-refractivity contribution in [3.05, 3.63) is 24.5 Å². The Kier molecular flexibility index (Phi) is 15.1. The molecule has 1 N–H and O–H groups in total. The average molecular weight is 279 g/mol. The molecule has 0 spiro atoms. The van der Waals surface area contributed by atoms with Crippen LogP contribution in [0.5, 0.6) is 0 Å². The number of rotatable bonds is 8. The summed E-state index contributed by atoms with van der Waals surface area (Å²) in [6.45, 7) is 3.33. The molecule has 0 aliphatic rings. The van der Waals surface area contributed by atoms with Gasteiger partial charge in [-0.1, -0.05) is 39.0 Å². The smallest absolute Gasteiger partial charge is 0.0371 e. The number of halogens is 2. The van der Waals surface area contributed by atoms with E-state index in [1.165, 1.54) is 44.2 Å². The van der Waals surface area contributed by atoms with Crippen LogP contribution in [0.25, 0.3) is 0 Å². The summed E-state index contributed by atoms with van der Waals surface area (Å²) in [6.07, 6.45) is 11.8. The Balaban J connectivity index is 0. The number of aromatic nitrogens is 1. The van der Waals surface area contributed by atoms with E-state index in [9.17, 15) is 0 Å². The first-order valence-electron chi connectivity index (χ1n) is 6.07. The lowest BCUT2D eigenvalue weighted by atomic mass is 10.1. The normalized spacial score (nSPS) is 9.00. The molecule has 0 aromatic carbocycles. The molecule has 2 nitrogen and oxygen atoms in total. The standard InChI is InChI=1S/C13H22N2.2ClH/c1-2-3-4-5-6-7-10-15-13-8-11-14-12-9-13;;/h8-9,11-12H,2-7,10H2,1H3,(H,14,15);2*1H. The van der Waals surface area contributed by atoms with E-state index in [0.717, 1.165) is 6.54 Å². The third kappa shape index (κ3) is 10.4. The molecule has 0 amide bonds. The van der Waals surface area contributed by atoms with Gasteiger partial charge in [0.15, 0.2) is 0 Å². The molecule has 1 aromatic heterocycles. The molecule has 0 aliphatic carbocycles. The molecule has 0 radical (unpaired) electrons. The van der Waals surface area contributed by atoms with Crippen molar-refractivity contribution in [2.24, 2.45) is 0 Å². The van der Waals surface area contributed by atoms with E-state index < -0.39 is 0 Å². The fraction of sp³-hybridized carbons (Fsp3) is 0.615. The average Bonchev–Trinajstić information content (AvgIpc) is 2.29. The van der Waals surface area contributed by atoms with Gasteiger partial charge in [0.05, 0.1) is 0 Å². The number of nitrogens with one attached hydrogen (secondary N) is 1. The van der Waals surface area contributed by atoms with Crippen LogP contribution in [0.1, 0.15) is 45.4 Å². The second-order valence-electron chi connectivity index (χ2n) is 3.93. The van der Waals surface area contributed by atoms with Gasteiger partial charge in [-0.15, -0.1) is 24.8 Å². The highest BCUT2D eigenvalue weighted by Gasteiger charge is 1.91. The predicted molar refractivity (Wildman–Crippen MR) is 80.6 cm³/mol. The monoisotopic (exact) mass is 278 g/mol. The first kappa shape index (κ1) is 18.9. The molecule has 0 unspecified atom stereocenters. The molecule has 17 heavy (non-hydrogen) atoms. The van der Waals surface area contributed by atoms with Crippen LogP contribution in [-0.2, 0) is 0 Å². The molecular formula is C13H24Cl2N2. The van der Waals surface area contributed by atoms with Crippen LogP contribution in [0, 0.1) is 0 Å². The van der Waals surface area contributed by atoms with Crippen molar-refractivity contribution in [2.45, 2.75) is 45.4 Å². The van der Waals surface area contributed by atoms with Crippen molar-refractivity contribution in [1.29, 1.82) is 0 Å². The molecule has 1 rings (SSSR count). The number of unbranched alkanes of at least 4 members (excludes halogenated alkanes) is 5. The Morgan fingerprint density at radius 1 is 0.941 bits per heavy atom. The zero-order valence-electron chi connectivity index (χ0n) is 10.5. The van der Waals surface area contributed by atoms with Crippen LogP contribution in [-0.4, -0.2) is 11.5 Å². The number of hydrogen-bond donors (Lipinski definition) is 1. The molecule has 4 heteroatoms. The molecule has 1 heterocycles.